The van der Waals surface area contributed by atoms with E-state index in [-0.39, 0.29) is 11.5 Å². The van der Waals surface area contributed by atoms with Crippen molar-refractivity contribution < 1.29 is 33.3 Å². The van der Waals surface area contributed by atoms with Crippen molar-refractivity contribution in [3.8, 4) is 11.5 Å². The van der Waals surface area contributed by atoms with Crippen LogP contribution in [0.5, 0.6) is 11.5 Å². The van der Waals surface area contributed by atoms with Crippen LogP contribution < -0.4 is 14.8 Å². The third-order valence-electron chi connectivity index (χ3n) is 3.56. The summed E-state index contributed by atoms with van der Waals surface area (Å²) in [5.74, 6) is -0.752. The summed E-state index contributed by atoms with van der Waals surface area (Å²) in [4.78, 5) is 35.9. The van der Waals surface area contributed by atoms with Crippen molar-refractivity contribution >= 4 is 17.8 Å². The molecule has 0 aliphatic rings. The Morgan fingerprint density at radius 3 is 2.37 bits per heavy atom. The van der Waals surface area contributed by atoms with Crippen molar-refractivity contribution in [1.82, 2.24) is 5.32 Å². The molecule has 8 heteroatoms. The van der Waals surface area contributed by atoms with Crippen molar-refractivity contribution in [2.75, 3.05) is 27.4 Å². The number of nitrogens with one attached hydrogen (secondary N) is 1. The first-order valence-corrected chi connectivity index (χ1v) is 8.67. The van der Waals surface area contributed by atoms with E-state index in [1.165, 1.54) is 26.4 Å². The third-order valence-corrected chi connectivity index (χ3v) is 3.56. The molecule has 0 aliphatic carbocycles. The molecular weight excluding hydrogens is 354 g/mol. The SMILES string of the molecule is CCOc1ccc(C(=O)OCC(=O)N[C@H](CC(C)C)C(=O)OC)cc1OC. The Labute approximate surface area is 159 Å². The highest BCUT2D eigenvalue weighted by atomic mass is 16.5. The molecule has 0 saturated heterocycles. The minimum absolute atomic E-state index is 0.174. The summed E-state index contributed by atoms with van der Waals surface area (Å²) in [6, 6.07) is 3.80. The fourth-order valence-electron chi connectivity index (χ4n) is 2.35. The first-order chi connectivity index (χ1) is 12.8. The van der Waals surface area contributed by atoms with Gasteiger partial charge in [-0.15, -0.1) is 0 Å². The Kier molecular flexibility index (Phi) is 9.12. The number of hydrogen-bond donors (Lipinski definition) is 1. The maximum atomic E-state index is 12.1. The standard InChI is InChI=1S/C19H27NO7/c1-6-26-15-8-7-13(10-16(15)24-4)18(22)27-11-17(21)20-14(9-12(2)3)19(23)25-5/h7-8,10,12,14H,6,9,11H2,1-5H3,(H,20,21)/t14-/m1/s1. The van der Waals surface area contributed by atoms with Crippen LogP contribution in [0.4, 0.5) is 0 Å². The minimum Gasteiger partial charge on any atom is -0.493 e. The van der Waals surface area contributed by atoms with Crippen molar-refractivity contribution in [3.63, 3.8) is 0 Å². The van der Waals surface area contributed by atoms with Gasteiger partial charge in [-0.3, -0.25) is 4.79 Å². The molecule has 1 aromatic carbocycles. The fraction of sp³-hybridized carbons (Fsp3) is 0.526. The number of carbonyl (C=O) groups excluding carboxylic acids is 3. The van der Waals surface area contributed by atoms with Crippen LogP contribution in [-0.2, 0) is 19.1 Å². The molecule has 1 atom stereocenters. The van der Waals surface area contributed by atoms with Gasteiger partial charge in [-0.05, 0) is 37.5 Å². The molecule has 0 heterocycles. The highest BCUT2D eigenvalue weighted by Crippen LogP contribution is 2.28. The molecule has 0 unspecified atom stereocenters. The van der Waals surface area contributed by atoms with Crippen LogP contribution in [-0.4, -0.2) is 51.3 Å². The number of esters is 2. The molecular formula is C19H27NO7. The van der Waals surface area contributed by atoms with Gasteiger partial charge in [0.2, 0.25) is 0 Å². The number of benzene rings is 1. The van der Waals surface area contributed by atoms with Crippen molar-refractivity contribution in [1.29, 1.82) is 0 Å². The number of methoxy groups -OCH3 is 2. The van der Waals surface area contributed by atoms with Gasteiger partial charge in [-0.2, -0.15) is 0 Å². The van der Waals surface area contributed by atoms with Crippen LogP contribution in [0.25, 0.3) is 0 Å². The quantitative estimate of drug-likeness (QED) is 0.618. The molecule has 0 aromatic heterocycles. The number of amides is 1. The Morgan fingerprint density at radius 2 is 1.81 bits per heavy atom. The zero-order valence-corrected chi connectivity index (χ0v) is 16.4. The molecule has 8 nitrogen and oxygen atoms in total. The van der Waals surface area contributed by atoms with Gasteiger partial charge in [0, 0.05) is 0 Å². The van der Waals surface area contributed by atoms with Crippen molar-refractivity contribution in [2.24, 2.45) is 5.92 Å². The summed E-state index contributed by atoms with van der Waals surface area (Å²) in [6.07, 6.45) is 0.419. The first kappa shape index (κ1) is 22.3. The van der Waals surface area contributed by atoms with E-state index in [2.05, 4.69) is 10.1 Å². The molecule has 0 saturated carbocycles. The summed E-state index contributed by atoms with van der Waals surface area (Å²) < 4.78 is 20.3. The van der Waals surface area contributed by atoms with E-state index in [1.54, 1.807) is 6.07 Å². The lowest BCUT2D eigenvalue weighted by molar-refractivity contribution is -0.145. The molecule has 1 N–H and O–H groups in total. The summed E-state index contributed by atoms with van der Waals surface area (Å²) in [7, 11) is 2.71. The van der Waals surface area contributed by atoms with Crippen molar-refractivity contribution in [3.05, 3.63) is 23.8 Å². The van der Waals surface area contributed by atoms with Gasteiger partial charge in [-0.1, -0.05) is 13.8 Å². The second-order valence-corrected chi connectivity index (χ2v) is 6.15. The summed E-state index contributed by atoms with van der Waals surface area (Å²) in [6.45, 7) is 5.61. The lowest BCUT2D eigenvalue weighted by Gasteiger charge is -2.18. The van der Waals surface area contributed by atoms with E-state index < -0.39 is 30.5 Å². The van der Waals surface area contributed by atoms with Crippen LogP contribution in [0, 0.1) is 5.92 Å². The van der Waals surface area contributed by atoms with E-state index in [0.717, 1.165) is 0 Å². The first-order valence-electron chi connectivity index (χ1n) is 8.67. The predicted octanol–water partition coefficient (Wildman–Crippen LogP) is 1.95. The normalized spacial score (nSPS) is 11.5. The second-order valence-electron chi connectivity index (χ2n) is 6.15. The molecule has 1 amide bonds. The van der Waals surface area contributed by atoms with Crippen LogP contribution in [0.2, 0.25) is 0 Å². The fourth-order valence-corrected chi connectivity index (χ4v) is 2.35. The smallest absolute Gasteiger partial charge is 0.338 e. The van der Waals surface area contributed by atoms with Crippen LogP contribution in [0.1, 0.15) is 37.6 Å². The van der Waals surface area contributed by atoms with Gasteiger partial charge in [0.15, 0.2) is 18.1 Å². The zero-order valence-electron chi connectivity index (χ0n) is 16.4. The molecule has 150 valence electrons. The monoisotopic (exact) mass is 381 g/mol. The van der Waals surface area contributed by atoms with Crippen LogP contribution in [0.15, 0.2) is 18.2 Å². The van der Waals surface area contributed by atoms with Gasteiger partial charge in [-0.25, -0.2) is 9.59 Å². The van der Waals surface area contributed by atoms with E-state index in [4.69, 9.17) is 14.2 Å². The molecule has 0 fully saturated rings. The van der Waals surface area contributed by atoms with Gasteiger partial charge >= 0.3 is 11.9 Å². The number of ether oxygens (including phenoxy) is 4. The van der Waals surface area contributed by atoms with E-state index in [1.807, 2.05) is 20.8 Å². The molecule has 0 bridgehead atoms. The molecule has 1 rings (SSSR count). The number of rotatable bonds is 10. The lowest BCUT2D eigenvalue weighted by Crippen LogP contribution is -2.44. The van der Waals surface area contributed by atoms with Gasteiger partial charge in [0.25, 0.3) is 5.91 Å². The van der Waals surface area contributed by atoms with Gasteiger partial charge < -0.3 is 24.3 Å². The molecule has 0 aliphatic heterocycles. The van der Waals surface area contributed by atoms with E-state index in [9.17, 15) is 14.4 Å². The summed E-state index contributed by atoms with van der Waals surface area (Å²) in [5.41, 5.74) is 0.217. The topological polar surface area (TPSA) is 100 Å². The van der Waals surface area contributed by atoms with Crippen LogP contribution in [0.3, 0.4) is 0 Å². The van der Waals surface area contributed by atoms with E-state index >= 15 is 0 Å². The number of carbonyl (C=O) groups is 3. The summed E-state index contributed by atoms with van der Waals surface area (Å²) in [5, 5.41) is 2.52. The maximum absolute atomic E-state index is 12.1. The third kappa shape index (κ3) is 7.16. The zero-order chi connectivity index (χ0) is 20.4. The predicted molar refractivity (Wildman–Crippen MR) is 97.8 cm³/mol. The highest BCUT2D eigenvalue weighted by molar-refractivity contribution is 5.92. The second kappa shape index (κ2) is 11.1. The molecule has 0 spiro atoms. The van der Waals surface area contributed by atoms with E-state index in [0.29, 0.717) is 24.5 Å². The highest BCUT2D eigenvalue weighted by Gasteiger charge is 2.23. The Morgan fingerprint density at radius 1 is 1.11 bits per heavy atom. The van der Waals surface area contributed by atoms with Gasteiger partial charge in [0.1, 0.15) is 6.04 Å². The van der Waals surface area contributed by atoms with Crippen LogP contribution >= 0.6 is 0 Å². The maximum Gasteiger partial charge on any atom is 0.338 e. The largest absolute Gasteiger partial charge is 0.493 e. The average molecular weight is 381 g/mol. The van der Waals surface area contributed by atoms with Crippen molar-refractivity contribution in [2.45, 2.75) is 33.2 Å². The Bertz CT molecular complexity index is 657. The van der Waals surface area contributed by atoms with Gasteiger partial charge in [0.05, 0.1) is 26.4 Å². The molecule has 1 aromatic rings. The molecule has 27 heavy (non-hydrogen) atoms. The summed E-state index contributed by atoms with van der Waals surface area (Å²) >= 11 is 0. The molecule has 0 radical (unpaired) electrons. The number of hydrogen-bond acceptors (Lipinski definition) is 7. The Balaban J connectivity index is 2.67. The Hall–Kier alpha value is -2.77. The lowest BCUT2D eigenvalue weighted by atomic mass is 10.0. The minimum atomic E-state index is -0.785. The average Bonchev–Trinajstić information content (AvgIpc) is 2.65.